The van der Waals surface area contributed by atoms with Crippen LogP contribution in [-0.2, 0) is 17.8 Å². The first-order valence-electron chi connectivity index (χ1n) is 7.90. The van der Waals surface area contributed by atoms with Crippen molar-refractivity contribution in [2.24, 2.45) is 0 Å². The van der Waals surface area contributed by atoms with Crippen molar-refractivity contribution in [3.8, 4) is 0 Å². The molecule has 6 heteroatoms. The lowest BCUT2D eigenvalue weighted by Crippen LogP contribution is -2.43. The molecule has 2 heterocycles. The summed E-state index contributed by atoms with van der Waals surface area (Å²) in [5, 5.41) is 3.58. The number of hydrogen-bond acceptors (Lipinski definition) is 4. The van der Waals surface area contributed by atoms with Crippen LogP contribution in [-0.4, -0.2) is 37.0 Å². The number of piperazine rings is 1. The Hall–Kier alpha value is -2.21. The van der Waals surface area contributed by atoms with Gasteiger partial charge in [-0.05, 0) is 19.1 Å². The van der Waals surface area contributed by atoms with Crippen LogP contribution in [0.15, 0.2) is 23.1 Å². The summed E-state index contributed by atoms with van der Waals surface area (Å²) in [5.74, 6) is -0.387. The highest BCUT2D eigenvalue weighted by Gasteiger charge is 2.18. The van der Waals surface area contributed by atoms with Crippen molar-refractivity contribution in [2.75, 3.05) is 31.1 Å². The van der Waals surface area contributed by atoms with Crippen LogP contribution in [0.2, 0.25) is 0 Å². The second-order valence-electron chi connectivity index (χ2n) is 5.70. The SMILES string of the molecule is CCn1cc(CC=O)c(=O)c2cc(F)c(N3CCNCC3)cc21. The number of fused-ring (bicyclic) bond motifs is 1. The smallest absolute Gasteiger partial charge is 0.193 e. The standard InChI is InChI=1S/C17H20FN3O2/c1-2-20-11-12(3-8-22)17(23)13-9-14(18)16(10-15(13)20)21-6-4-19-5-7-21/h8-11,19H,2-7H2,1H3. The molecule has 0 atom stereocenters. The molecule has 0 bridgehead atoms. The van der Waals surface area contributed by atoms with E-state index in [9.17, 15) is 14.0 Å². The molecular weight excluding hydrogens is 297 g/mol. The Morgan fingerprint density at radius 2 is 2.04 bits per heavy atom. The number of carbonyl (C=O) groups is 1. The predicted octanol–water partition coefficient (Wildman–Crippen LogP) is 1.31. The van der Waals surface area contributed by atoms with Gasteiger partial charge < -0.3 is 19.6 Å². The van der Waals surface area contributed by atoms with Crippen molar-refractivity contribution in [1.29, 1.82) is 0 Å². The third kappa shape index (κ3) is 2.86. The van der Waals surface area contributed by atoms with E-state index in [0.717, 1.165) is 26.2 Å². The zero-order valence-corrected chi connectivity index (χ0v) is 13.1. The van der Waals surface area contributed by atoms with Gasteiger partial charge in [-0.3, -0.25) is 4.79 Å². The molecule has 0 aliphatic carbocycles. The molecule has 1 saturated heterocycles. The fraction of sp³-hybridized carbons (Fsp3) is 0.412. The maximum atomic E-state index is 14.6. The van der Waals surface area contributed by atoms with Gasteiger partial charge in [0.15, 0.2) is 5.43 Å². The Balaban J connectivity index is 2.20. The third-order valence-corrected chi connectivity index (χ3v) is 4.32. The highest BCUT2D eigenvalue weighted by atomic mass is 19.1. The van der Waals surface area contributed by atoms with Gasteiger partial charge in [-0.25, -0.2) is 4.39 Å². The number of pyridine rings is 1. The number of nitrogens with zero attached hydrogens (tertiary/aromatic N) is 2. The molecule has 3 rings (SSSR count). The normalized spacial score (nSPS) is 15.1. The van der Waals surface area contributed by atoms with Crippen molar-refractivity contribution in [3.63, 3.8) is 0 Å². The number of halogens is 1. The van der Waals surface area contributed by atoms with Gasteiger partial charge in [0, 0.05) is 56.3 Å². The number of aryl methyl sites for hydroxylation is 1. The van der Waals surface area contributed by atoms with Crippen LogP contribution < -0.4 is 15.6 Å². The summed E-state index contributed by atoms with van der Waals surface area (Å²) < 4.78 is 16.5. The van der Waals surface area contributed by atoms with Crippen LogP contribution in [0.4, 0.5) is 10.1 Å². The van der Waals surface area contributed by atoms with Crippen molar-refractivity contribution >= 4 is 22.9 Å². The number of anilines is 1. The predicted molar refractivity (Wildman–Crippen MR) is 88.7 cm³/mol. The molecule has 1 aliphatic heterocycles. The minimum absolute atomic E-state index is 0.0515. The minimum atomic E-state index is -0.387. The van der Waals surface area contributed by atoms with E-state index in [0.29, 0.717) is 35.0 Å². The largest absolute Gasteiger partial charge is 0.367 e. The Labute approximate surface area is 133 Å². The third-order valence-electron chi connectivity index (χ3n) is 4.32. The average Bonchev–Trinajstić information content (AvgIpc) is 2.58. The van der Waals surface area contributed by atoms with Gasteiger partial charge in [-0.2, -0.15) is 0 Å². The molecule has 2 aromatic rings. The topological polar surface area (TPSA) is 54.3 Å². The van der Waals surface area contributed by atoms with E-state index >= 15 is 0 Å². The van der Waals surface area contributed by atoms with Crippen molar-refractivity contribution in [2.45, 2.75) is 19.9 Å². The van der Waals surface area contributed by atoms with E-state index in [4.69, 9.17) is 0 Å². The molecule has 1 fully saturated rings. The summed E-state index contributed by atoms with van der Waals surface area (Å²) in [6.07, 6.45) is 2.46. The van der Waals surface area contributed by atoms with Gasteiger partial charge in [0.25, 0.3) is 0 Å². The number of benzene rings is 1. The highest BCUT2D eigenvalue weighted by molar-refractivity contribution is 5.84. The number of aromatic nitrogens is 1. The molecule has 0 amide bonds. The molecule has 1 aromatic carbocycles. The Morgan fingerprint density at radius 3 is 2.70 bits per heavy atom. The first-order chi connectivity index (χ1) is 11.2. The van der Waals surface area contributed by atoms with Crippen LogP contribution >= 0.6 is 0 Å². The minimum Gasteiger partial charge on any atom is -0.367 e. The highest BCUT2D eigenvalue weighted by Crippen LogP contribution is 2.25. The average molecular weight is 317 g/mol. The number of hydrogen-bond donors (Lipinski definition) is 1. The summed E-state index contributed by atoms with van der Waals surface area (Å²) in [4.78, 5) is 25.2. The lowest BCUT2D eigenvalue weighted by atomic mass is 10.1. The summed E-state index contributed by atoms with van der Waals surface area (Å²) in [5.41, 5.74) is 1.39. The van der Waals surface area contributed by atoms with Gasteiger partial charge in [0.2, 0.25) is 0 Å². The van der Waals surface area contributed by atoms with E-state index in [1.165, 1.54) is 6.07 Å². The summed E-state index contributed by atoms with van der Waals surface area (Å²) in [6.45, 7) is 5.72. The Bertz CT molecular complexity index is 795. The number of rotatable bonds is 4. The first kappa shape index (κ1) is 15.7. The van der Waals surface area contributed by atoms with Gasteiger partial charge in [-0.15, -0.1) is 0 Å². The second-order valence-corrected chi connectivity index (χ2v) is 5.70. The second kappa shape index (κ2) is 6.50. The van der Waals surface area contributed by atoms with Crippen molar-refractivity contribution < 1.29 is 9.18 Å². The monoisotopic (exact) mass is 317 g/mol. The summed E-state index contributed by atoms with van der Waals surface area (Å²) in [7, 11) is 0. The maximum absolute atomic E-state index is 14.6. The molecule has 0 saturated carbocycles. The van der Waals surface area contributed by atoms with E-state index in [1.807, 2.05) is 16.4 Å². The molecule has 5 nitrogen and oxygen atoms in total. The maximum Gasteiger partial charge on any atom is 0.193 e. The van der Waals surface area contributed by atoms with Gasteiger partial charge in [0.1, 0.15) is 12.1 Å². The van der Waals surface area contributed by atoms with Gasteiger partial charge in [-0.1, -0.05) is 0 Å². The van der Waals surface area contributed by atoms with E-state index in [-0.39, 0.29) is 17.7 Å². The van der Waals surface area contributed by atoms with E-state index in [2.05, 4.69) is 5.32 Å². The van der Waals surface area contributed by atoms with Gasteiger partial charge in [0.05, 0.1) is 11.2 Å². The Morgan fingerprint density at radius 1 is 1.30 bits per heavy atom. The number of carbonyl (C=O) groups excluding carboxylic acids is 1. The molecule has 1 aromatic heterocycles. The van der Waals surface area contributed by atoms with Crippen molar-refractivity contribution in [3.05, 3.63) is 39.9 Å². The van der Waals surface area contributed by atoms with Crippen molar-refractivity contribution in [1.82, 2.24) is 9.88 Å². The molecular formula is C17H20FN3O2. The zero-order valence-electron chi connectivity index (χ0n) is 13.1. The van der Waals surface area contributed by atoms with Gasteiger partial charge >= 0.3 is 0 Å². The molecule has 1 N–H and O–H groups in total. The molecule has 122 valence electrons. The van der Waals surface area contributed by atoms with E-state index < -0.39 is 0 Å². The summed E-state index contributed by atoms with van der Waals surface area (Å²) >= 11 is 0. The lowest BCUT2D eigenvalue weighted by Gasteiger charge is -2.30. The van der Waals surface area contributed by atoms with Crippen LogP contribution in [0.1, 0.15) is 12.5 Å². The fourth-order valence-corrected chi connectivity index (χ4v) is 3.10. The van der Waals surface area contributed by atoms with Crippen LogP contribution in [0.5, 0.6) is 0 Å². The van der Waals surface area contributed by atoms with E-state index in [1.54, 1.807) is 12.3 Å². The first-order valence-corrected chi connectivity index (χ1v) is 7.90. The zero-order chi connectivity index (χ0) is 16.4. The number of nitrogens with one attached hydrogen (secondary N) is 1. The van der Waals surface area contributed by atoms with Crippen LogP contribution in [0.3, 0.4) is 0 Å². The summed E-state index contributed by atoms with van der Waals surface area (Å²) in [6, 6.07) is 3.07. The fourth-order valence-electron chi connectivity index (χ4n) is 3.10. The number of aldehydes is 1. The lowest BCUT2D eigenvalue weighted by molar-refractivity contribution is -0.107. The quantitative estimate of drug-likeness (QED) is 0.864. The molecule has 1 aliphatic rings. The van der Waals surface area contributed by atoms with Crippen LogP contribution in [0, 0.1) is 5.82 Å². The molecule has 0 unspecified atom stereocenters. The molecule has 23 heavy (non-hydrogen) atoms. The molecule has 0 radical (unpaired) electrons. The Kier molecular flexibility index (Phi) is 4.43. The van der Waals surface area contributed by atoms with Crippen LogP contribution in [0.25, 0.3) is 10.9 Å². The molecule has 0 spiro atoms.